The van der Waals surface area contributed by atoms with E-state index in [2.05, 4.69) is 10.2 Å². The molecule has 1 saturated carbocycles. The average molecular weight is 415 g/mol. The minimum Gasteiger partial charge on any atom is -0.419 e. The Morgan fingerprint density at radius 2 is 1.93 bits per heavy atom. The molecule has 2 aromatic carbocycles. The van der Waals surface area contributed by atoms with Crippen LogP contribution in [0.4, 0.5) is 0 Å². The van der Waals surface area contributed by atoms with E-state index in [0.29, 0.717) is 22.0 Å². The summed E-state index contributed by atoms with van der Waals surface area (Å²) in [6, 6.07) is 14.8. The van der Waals surface area contributed by atoms with Crippen molar-refractivity contribution in [1.82, 2.24) is 14.5 Å². The fourth-order valence-electron chi connectivity index (χ4n) is 2.79. The van der Waals surface area contributed by atoms with E-state index < -0.39 is 10.0 Å². The molecule has 1 aliphatic rings. The molecule has 9 heteroatoms. The number of halogens is 1. The van der Waals surface area contributed by atoms with Crippen LogP contribution in [0.5, 0.6) is 0 Å². The molecule has 0 amide bonds. The lowest BCUT2D eigenvalue weighted by atomic mass is 10.2. The summed E-state index contributed by atoms with van der Waals surface area (Å²) < 4.78 is 33.3. The van der Waals surface area contributed by atoms with Crippen molar-refractivity contribution in [2.45, 2.75) is 30.3 Å². The van der Waals surface area contributed by atoms with Gasteiger partial charge in [0.2, 0.25) is 21.8 Å². The average Bonchev–Trinajstić information content (AvgIpc) is 3.44. The zero-order valence-corrected chi connectivity index (χ0v) is 16.2. The molecule has 0 saturated heterocycles. The minimum absolute atomic E-state index is 0.0234. The van der Waals surface area contributed by atoms with Crippen LogP contribution in [0, 0.1) is 11.3 Å². The summed E-state index contributed by atoms with van der Waals surface area (Å²) in [6.07, 6.45) is 1.55. The number of benzene rings is 2. The number of hydrogen-bond donors (Lipinski definition) is 0. The highest BCUT2D eigenvalue weighted by Crippen LogP contribution is 2.34. The second kappa shape index (κ2) is 7.36. The first-order chi connectivity index (χ1) is 13.5. The maximum Gasteiger partial charge on any atom is 0.247 e. The van der Waals surface area contributed by atoms with Crippen molar-refractivity contribution >= 4 is 21.6 Å². The highest BCUT2D eigenvalue weighted by Gasteiger charge is 2.39. The molecule has 0 bridgehead atoms. The number of sulfonamides is 1. The van der Waals surface area contributed by atoms with Crippen LogP contribution < -0.4 is 0 Å². The molecule has 0 unspecified atom stereocenters. The molecule has 0 N–H and O–H groups in total. The highest BCUT2D eigenvalue weighted by atomic mass is 35.5. The Hall–Kier alpha value is -2.73. The monoisotopic (exact) mass is 414 g/mol. The predicted molar refractivity (Wildman–Crippen MR) is 102 cm³/mol. The van der Waals surface area contributed by atoms with E-state index in [1.165, 1.54) is 16.4 Å². The molecule has 0 atom stereocenters. The lowest BCUT2D eigenvalue weighted by molar-refractivity contribution is 0.351. The summed E-state index contributed by atoms with van der Waals surface area (Å²) in [5.74, 6) is 0.503. The van der Waals surface area contributed by atoms with Gasteiger partial charge in [0.1, 0.15) is 0 Å². The number of hydrogen-bond acceptors (Lipinski definition) is 6. The first-order valence-corrected chi connectivity index (χ1v) is 10.4. The van der Waals surface area contributed by atoms with Crippen LogP contribution >= 0.6 is 11.6 Å². The van der Waals surface area contributed by atoms with E-state index in [1.54, 1.807) is 36.4 Å². The molecule has 1 aliphatic carbocycles. The van der Waals surface area contributed by atoms with Gasteiger partial charge in [-0.3, -0.25) is 0 Å². The van der Waals surface area contributed by atoms with E-state index in [4.69, 9.17) is 21.3 Å². The SMILES string of the molecule is N#Cc1cccc(S(=O)(=O)N(Cc2nnc(-c3ccc(Cl)cc3)o2)C2CC2)c1. The van der Waals surface area contributed by atoms with Crippen LogP contribution in [0.2, 0.25) is 5.02 Å². The van der Waals surface area contributed by atoms with E-state index in [9.17, 15) is 8.42 Å². The third-order valence-corrected chi connectivity index (χ3v) is 6.52. The Bertz CT molecular complexity index is 1150. The second-order valence-electron chi connectivity index (χ2n) is 6.43. The molecule has 3 aromatic rings. The third-order valence-electron chi connectivity index (χ3n) is 4.37. The first kappa shape index (κ1) is 18.6. The van der Waals surface area contributed by atoms with Crippen molar-refractivity contribution in [3.05, 3.63) is 65.0 Å². The van der Waals surface area contributed by atoms with Gasteiger partial charge in [-0.1, -0.05) is 17.7 Å². The molecule has 0 radical (unpaired) electrons. The summed E-state index contributed by atoms with van der Waals surface area (Å²) in [6.45, 7) is -0.0234. The molecule has 4 rings (SSSR count). The molecule has 1 aromatic heterocycles. The van der Waals surface area contributed by atoms with Crippen molar-refractivity contribution in [3.63, 3.8) is 0 Å². The molecule has 0 aliphatic heterocycles. The zero-order valence-electron chi connectivity index (χ0n) is 14.6. The van der Waals surface area contributed by atoms with Crippen LogP contribution in [-0.4, -0.2) is 29.0 Å². The summed E-state index contributed by atoms with van der Waals surface area (Å²) >= 11 is 5.88. The molecular formula is C19H15ClN4O3S. The quantitative estimate of drug-likeness (QED) is 0.610. The largest absolute Gasteiger partial charge is 0.419 e. The van der Waals surface area contributed by atoms with Crippen molar-refractivity contribution in [2.75, 3.05) is 0 Å². The predicted octanol–water partition coefficient (Wildman–Crippen LogP) is 3.61. The fourth-order valence-corrected chi connectivity index (χ4v) is 4.60. The maximum absolute atomic E-state index is 13.1. The van der Waals surface area contributed by atoms with Gasteiger partial charge in [-0.2, -0.15) is 9.57 Å². The summed E-state index contributed by atoms with van der Waals surface area (Å²) in [4.78, 5) is 0.0795. The van der Waals surface area contributed by atoms with Gasteiger partial charge in [-0.15, -0.1) is 10.2 Å². The van der Waals surface area contributed by atoms with E-state index >= 15 is 0 Å². The van der Waals surface area contributed by atoms with Gasteiger partial charge in [-0.05, 0) is 55.3 Å². The minimum atomic E-state index is -3.79. The lowest BCUT2D eigenvalue weighted by Gasteiger charge is -2.20. The normalized spacial score (nSPS) is 14.2. The fraction of sp³-hybridized carbons (Fsp3) is 0.211. The summed E-state index contributed by atoms with van der Waals surface area (Å²) in [7, 11) is -3.79. The molecule has 1 heterocycles. The Kier molecular flexibility index (Phi) is 4.89. The molecule has 7 nitrogen and oxygen atoms in total. The topological polar surface area (TPSA) is 100 Å². The van der Waals surface area contributed by atoms with Crippen LogP contribution in [-0.2, 0) is 16.6 Å². The van der Waals surface area contributed by atoms with Crippen LogP contribution in [0.1, 0.15) is 24.3 Å². The van der Waals surface area contributed by atoms with Crippen LogP contribution in [0.3, 0.4) is 0 Å². The van der Waals surface area contributed by atoms with E-state index in [-0.39, 0.29) is 23.4 Å². The van der Waals surface area contributed by atoms with Crippen molar-refractivity contribution in [3.8, 4) is 17.5 Å². The lowest BCUT2D eigenvalue weighted by Crippen LogP contribution is -2.32. The van der Waals surface area contributed by atoms with Crippen LogP contribution in [0.25, 0.3) is 11.5 Å². The molecule has 142 valence electrons. The van der Waals surface area contributed by atoms with Gasteiger partial charge in [0.15, 0.2) is 0 Å². The summed E-state index contributed by atoms with van der Waals surface area (Å²) in [5, 5.41) is 17.6. The number of nitrogens with zero attached hydrogens (tertiary/aromatic N) is 4. The van der Waals surface area contributed by atoms with Gasteiger partial charge in [0, 0.05) is 16.6 Å². The van der Waals surface area contributed by atoms with Crippen molar-refractivity contribution in [2.24, 2.45) is 0 Å². The molecule has 0 spiro atoms. The first-order valence-electron chi connectivity index (χ1n) is 8.58. The molecule has 28 heavy (non-hydrogen) atoms. The van der Waals surface area contributed by atoms with E-state index in [0.717, 1.165) is 12.8 Å². The number of aromatic nitrogens is 2. The Morgan fingerprint density at radius 1 is 1.18 bits per heavy atom. The van der Waals surface area contributed by atoms with Gasteiger partial charge >= 0.3 is 0 Å². The van der Waals surface area contributed by atoms with Gasteiger partial charge in [-0.25, -0.2) is 8.42 Å². The molecule has 1 fully saturated rings. The number of nitriles is 1. The van der Waals surface area contributed by atoms with Gasteiger partial charge < -0.3 is 4.42 Å². The number of rotatable bonds is 6. The maximum atomic E-state index is 13.1. The Morgan fingerprint density at radius 3 is 2.61 bits per heavy atom. The highest BCUT2D eigenvalue weighted by molar-refractivity contribution is 7.89. The Balaban J connectivity index is 1.61. The van der Waals surface area contributed by atoms with Gasteiger partial charge in [0.25, 0.3) is 0 Å². The van der Waals surface area contributed by atoms with Crippen LogP contribution in [0.15, 0.2) is 57.8 Å². The standard InChI is InChI=1S/C19H15ClN4O3S/c20-15-6-4-14(5-7-15)19-23-22-18(27-19)12-24(16-8-9-16)28(25,26)17-3-1-2-13(10-17)11-21/h1-7,10,16H,8-9,12H2. The second-order valence-corrected chi connectivity index (χ2v) is 8.76. The van der Waals surface area contributed by atoms with Crippen molar-refractivity contribution < 1.29 is 12.8 Å². The smallest absolute Gasteiger partial charge is 0.247 e. The summed E-state index contributed by atoms with van der Waals surface area (Å²) in [5.41, 5.74) is 0.991. The van der Waals surface area contributed by atoms with Crippen molar-refractivity contribution in [1.29, 1.82) is 5.26 Å². The van der Waals surface area contributed by atoms with E-state index in [1.807, 2.05) is 6.07 Å². The zero-order chi connectivity index (χ0) is 19.7. The third kappa shape index (κ3) is 3.78. The Labute approximate surface area is 167 Å². The molecular weight excluding hydrogens is 400 g/mol. The van der Waals surface area contributed by atoms with Gasteiger partial charge in [0.05, 0.1) is 23.1 Å².